The SMILES string of the molecule is Cc1ccc(C(=O)N2CCN(Cc3cccc(C(F)(F)F)c3)CC2)s1. The number of piperazine rings is 1. The fraction of sp³-hybridized carbons (Fsp3) is 0.389. The van der Waals surface area contributed by atoms with E-state index < -0.39 is 11.7 Å². The van der Waals surface area contributed by atoms with Crippen LogP contribution in [-0.4, -0.2) is 41.9 Å². The molecule has 0 bridgehead atoms. The molecule has 0 radical (unpaired) electrons. The number of nitrogens with zero attached hydrogens (tertiary/aromatic N) is 2. The summed E-state index contributed by atoms with van der Waals surface area (Å²) in [6.45, 7) is 4.93. The number of alkyl halides is 3. The van der Waals surface area contributed by atoms with Crippen molar-refractivity contribution in [3.63, 3.8) is 0 Å². The van der Waals surface area contributed by atoms with Crippen LogP contribution < -0.4 is 0 Å². The minimum absolute atomic E-state index is 0.0387. The van der Waals surface area contributed by atoms with Crippen LogP contribution in [0.5, 0.6) is 0 Å². The highest BCUT2D eigenvalue weighted by Gasteiger charge is 2.30. The van der Waals surface area contributed by atoms with Crippen LogP contribution in [0.4, 0.5) is 13.2 Å². The van der Waals surface area contributed by atoms with Gasteiger partial charge in [-0.1, -0.05) is 18.2 Å². The first-order chi connectivity index (χ1) is 11.8. The van der Waals surface area contributed by atoms with Gasteiger partial charge in [-0.25, -0.2) is 0 Å². The second kappa shape index (κ2) is 7.17. The molecule has 0 unspecified atom stereocenters. The molecule has 1 aliphatic heterocycles. The van der Waals surface area contributed by atoms with Crippen LogP contribution in [0.3, 0.4) is 0 Å². The number of amides is 1. The first-order valence-electron chi connectivity index (χ1n) is 8.07. The molecule has 1 fully saturated rings. The number of hydrogen-bond acceptors (Lipinski definition) is 3. The van der Waals surface area contributed by atoms with Gasteiger partial charge in [0, 0.05) is 37.6 Å². The van der Waals surface area contributed by atoms with Crippen molar-refractivity contribution in [2.75, 3.05) is 26.2 Å². The van der Waals surface area contributed by atoms with Gasteiger partial charge >= 0.3 is 6.18 Å². The van der Waals surface area contributed by atoms with Gasteiger partial charge in [0.15, 0.2) is 0 Å². The average molecular weight is 368 g/mol. The lowest BCUT2D eigenvalue weighted by Gasteiger charge is -2.34. The van der Waals surface area contributed by atoms with Crippen molar-refractivity contribution in [2.45, 2.75) is 19.6 Å². The molecular weight excluding hydrogens is 349 g/mol. The van der Waals surface area contributed by atoms with Crippen LogP contribution in [-0.2, 0) is 12.7 Å². The smallest absolute Gasteiger partial charge is 0.335 e. The maximum atomic E-state index is 12.8. The Morgan fingerprint density at radius 1 is 1.12 bits per heavy atom. The Bertz CT molecular complexity index is 749. The first kappa shape index (κ1) is 17.9. The Labute approximate surface area is 148 Å². The van der Waals surface area contributed by atoms with Crippen LogP contribution in [0.15, 0.2) is 36.4 Å². The lowest BCUT2D eigenvalue weighted by molar-refractivity contribution is -0.137. The molecule has 2 heterocycles. The van der Waals surface area contributed by atoms with E-state index in [-0.39, 0.29) is 5.91 Å². The summed E-state index contributed by atoms with van der Waals surface area (Å²) in [5.41, 5.74) is 0.0235. The Balaban J connectivity index is 1.57. The van der Waals surface area contributed by atoms with E-state index >= 15 is 0 Å². The monoisotopic (exact) mass is 368 g/mol. The van der Waals surface area contributed by atoms with E-state index in [0.717, 1.165) is 15.8 Å². The highest BCUT2D eigenvalue weighted by atomic mass is 32.1. The van der Waals surface area contributed by atoms with Crippen molar-refractivity contribution in [3.8, 4) is 0 Å². The van der Waals surface area contributed by atoms with Gasteiger partial charge in [0.1, 0.15) is 0 Å². The molecule has 7 heteroatoms. The molecule has 3 rings (SSSR count). The van der Waals surface area contributed by atoms with Crippen LogP contribution >= 0.6 is 11.3 Å². The molecule has 2 aromatic rings. The van der Waals surface area contributed by atoms with E-state index in [2.05, 4.69) is 4.90 Å². The van der Waals surface area contributed by atoms with Crippen molar-refractivity contribution in [1.82, 2.24) is 9.80 Å². The van der Waals surface area contributed by atoms with Gasteiger partial charge in [-0.3, -0.25) is 9.69 Å². The number of hydrogen-bond donors (Lipinski definition) is 0. The lowest BCUT2D eigenvalue weighted by Crippen LogP contribution is -2.48. The fourth-order valence-electron chi connectivity index (χ4n) is 2.92. The number of rotatable bonds is 3. The van der Waals surface area contributed by atoms with Crippen molar-refractivity contribution in [2.24, 2.45) is 0 Å². The van der Waals surface area contributed by atoms with Crippen molar-refractivity contribution in [3.05, 3.63) is 57.3 Å². The summed E-state index contributed by atoms with van der Waals surface area (Å²) in [6, 6.07) is 9.21. The predicted molar refractivity (Wildman–Crippen MR) is 91.7 cm³/mol. The molecule has 1 saturated heterocycles. The third-order valence-corrected chi connectivity index (χ3v) is 5.26. The zero-order valence-corrected chi connectivity index (χ0v) is 14.7. The number of carbonyl (C=O) groups is 1. The minimum Gasteiger partial charge on any atom is -0.335 e. The summed E-state index contributed by atoms with van der Waals surface area (Å²) in [6.07, 6.45) is -4.32. The number of benzene rings is 1. The van der Waals surface area contributed by atoms with E-state index in [1.807, 2.05) is 24.0 Å². The van der Waals surface area contributed by atoms with Crippen LogP contribution in [0.25, 0.3) is 0 Å². The van der Waals surface area contributed by atoms with E-state index in [1.54, 1.807) is 6.07 Å². The zero-order chi connectivity index (χ0) is 18.0. The second-order valence-corrected chi connectivity index (χ2v) is 7.46. The molecule has 1 aromatic heterocycles. The topological polar surface area (TPSA) is 23.6 Å². The molecule has 0 saturated carbocycles. The van der Waals surface area contributed by atoms with E-state index in [4.69, 9.17) is 0 Å². The predicted octanol–water partition coefficient (Wildman–Crippen LogP) is 4.03. The molecule has 1 aliphatic rings. The normalized spacial score (nSPS) is 16.2. The van der Waals surface area contributed by atoms with Gasteiger partial charge in [-0.15, -0.1) is 11.3 Å². The highest BCUT2D eigenvalue weighted by molar-refractivity contribution is 7.13. The molecule has 25 heavy (non-hydrogen) atoms. The van der Waals surface area contributed by atoms with Crippen LogP contribution in [0, 0.1) is 6.92 Å². The van der Waals surface area contributed by atoms with Crippen molar-refractivity contribution in [1.29, 1.82) is 0 Å². The molecule has 0 N–H and O–H groups in total. The summed E-state index contributed by atoms with van der Waals surface area (Å²) in [5.74, 6) is 0.0387. The van der Waals surface area contributed by atoms with Gasteiger partial charge in [0.2, 0.25) is 0 Å². The summed E-state index contributed by atoms with van der Waals surface area (Å²) in [7, 11) is 0. The lowest BCUT2D eigenvalue weighted by atomic mass is 10.1. The zero-order valence-electron chi connectivity index (χ0n) is 13.8. The summed E-state index contributed by atoms with van der Waals surface area (Å²) < 4.78 is 38.4. The average Bonchev–Trinajstić information content (AvgIpc) is 3.01. The molecule has 0 atom stereocenters. The quantitative estimate of drug-likeness (QED) is 0.817. The third-order valence-electron chi connectivity index (χ3n) is 4.27. The minimum atomic E-state index is -4.32. The Morgan fingerprint density at radius 2 is 1.84 bits per heavy atom. The van der Waals surface area contributed by atoms with Gasteiger partial charge in [0.25, 0.3) is 5.91 Å². The number of carbonyl (C=O) groups excluding carboxylic acids is 1. The maximum Gasteiger partial charge on any atom is 0.416 e. The largest absolute Gasteiger partial charge is 0.416 e. The van der Waals surface area contributed by atoms with E-state index in [0.29, 0.717) is 38.3 Å². The molecule has 0 spiro atoms. The van der Waals surface area contributed by atoms with Crippen molar-refractivity contribution < 1.29 is 18.0 Å². The van der Waals surface area contributed by atoms with Crippen molar-refractivity contribution >= 4 is 17.2 Å². The molecule has 1 aromatic carbocycles. The Morgan fingerprint density at radius 3 is 2.44 bits per heavy atom. The van der Waals surface area contributed by atoms with Gasteiger partial charge < -0.3 is 4.90 Å². The van der Waals surface area contributed by atoms with E-state index in [1.165, 1.54) is 23.5 Å². The van der Waals surface area contributed by atoms with Crippen LogP contribution in [0.1, 0.15) is 25.7 Å². The summed E-state index contributed by atoms with van der Waals surface area (Å²) >= 11 is 1.49. The van der Waals surface area contributed by atoms with E-state index in [9.17, 15) is 18.0 Å². The molecular formula is C18H19F3N2OS. The summed E-state index contributed by atoms with van der Waals surface area (Å²) in [4.78, 5) is 18.2. The van der Waals surface area contributed by atoms with Crippen LogP contribution in [0.2, 0.25) is 0 Å². The fourth-order valence-corrected chi connectivity index (χ4v) is 3.75. The number of halogens is 3. The third kappa shape index (κ3) is 4.41. The maximum absolute atomic E-state index is 12.8. The van der Waals surface area contributed by atoms with Gasteiger partial charge in [-0.2, -0.15) is 13.2 Å². The number of aryl methyl sites for hydroxylation is 1. The van der Waals surface area contributed by atoms with Gasteiger partial charge in [0.05, 0.1) is 10.4 Å². The molecule has 3 nitrogen and oxygen atoms in total. The summed E-state index contributed by atoms with van der Waals surface area (Å²) in [5, 5.41) is 0. The second-order valence-electron chi connectivity index (χ2n) is 6.18. The Kier molecular flexibility index (Phi) is 5.15. The molecule has 134 valence electrons. The van der Waals surface area contributed by atoms with Gasteiger partial charge in [-0.05, 0) is 30.7 Å². The molecule has 1 amide bonds. The first-order valence-corrected chi connectivity index (χ1v) is 8.89. The number of thiophene rings is 1. The highest BCUT2D eigenvalue weighted by Crippen LogP contribution is 2.29. The standard InChI is InChI=1S/C18H19F3N2OS/c1-13-5-6-16(25-13)17(24)23-9-7-22(8-10-23)12-14-3-2-4-15(11-14)18(19,20)21/h2-6,11H,7-10,12H2,1H3. The Hall–Kier alpha value is -1.86. The molecule has 0 aliphatic carbocycles.